The molecule has 3 aromatic carbocycles. The number of ether oxygens (including phenoxy) is 3. The number of oxime groups is 1. The summed E-state index contributed by atoms with van der Waals surface area (Å²) in [7, 11) is 4.55. The van der Waals surface area contributed by atoms with Crippen LogP contribution in [0.15, 0.2) is 65.8 Å². The van der Waals surface area contributed by atoms with Crippen molar-refractivity contribution < 1.29 is 29.0 Å². The Morgan fingerprint density at radius 1 is 0.957 bits per heavy atom. The third-order valence-corrected chi connectivity index (χ3v) is 10.4. The van der Waals surface area contributed by atoms with Crippen LogP contribution in [0, 0.1) is 11.3 Å². The van der Waals surface area contributed by atoms with Gasteiger partial charge in [-0.3, -0.25) is 9.59 Å². The molecular formula is C38H47N3O6. The third-order valence-electron chi connectivity index (χ3n) is 10.4. The van der Waals surface area contributed by atoms with Crippen molar-refractivity contribution in [3.8, 4) is 17.2 Å². The Morgan fingerprint density at radius 3 is 2.23 bits per heavy atom. The number of benzene rings is 3. The fraction of sp³-hybridized carbons (Fsp3) is 0.447. The number of hydrogen-bond donors (Lipinski definition) is 3. The summed E-state index contributed by atoms with van der Waals surface area (Å²) in [5.74, 6) is 0.859. The summed E-state index contributed by atoms with van der Waals surface area (Å²) in [4.78, 5) is 28.6. The Morgan fingerprint density at radius 2 is 1.64 bits per heavy atom. The van der Waals surface area contributed by atoms with Crippen molar-refractivity contribution in [2.45, 2.75) is 77.2 Å². The molecule has 9 nitrogen and oxygen atoms in total. The van der Waals surface area contributed by atoms with E-state index in [9.17, 15) is 14.8 Å². The van der Waals surface area contributed by atoms with Crippen LogP contribution in [-0.2, 0) is 21.4 Å². The van der Waals surface area contributed by atoms with Crippen molar-refractivity contribution in [1.29, 1.82) is 0 Å². The molecule has 3 N–H and O–H groups in total. The van der Waals surface area contributed by atoms with Crippen LogP contribution >= 0.6 is 0 Å². The highest BCUT2D eigenvalue weighted by Gasteiger charge is 2.56. The molecule has 0 aliphatic heterocycles. The largest absolute Gasteiger partial charge is 0.493 e. The fourth-order valence-corrected chi connectivity index (χ4v) is 7.74. The van der Waals surface area contributed by atoms with E-state index in [1.807, 2.05) is 37.3 Å². The van der Waals surface area contributed by atoms with Crippen LogP contribution in [0.25, 0.3) is 0 Å². The summed E-state index contributed by atoms with van der Waals surface area (Å²) in [5, 5.41) is 20.1. The Labute approximate surface area is 277 Å². The van der Waals surface area contributed by atoms with Crippen molar-refractivity contribution >= 4 is 23.2 Å². The van der Waals surface area contributed by atoms with E-state index in [-0.39, 0.29) is 23.1 Å². The number of rotatable bonds is 10. The van der Waals surface area contributed by atoms with Crippen LogP contribution in [0.3, 0.4) is 0 Å². The maximum Gasteiger partial charge on any atom is 0.247 e. The smallest absolute Gasteiger partial charge is 0.247 e. The third kappa shape index (κ3) is 6.40. The molecule has 250 valence electrons. The van der Waals surface area contributed by atoms with Crippen LogP contribution in [-0.4, -0.2) is 50.1 Å². The second-order valence-electron chi connectivity index (χ2n) is 13.6. The first-order valence-electron chi connectivity index (χ1n) is 16.3. The average molecular weight is 642 g/mol. The lowest BCUT2D eigenvalue weighted by Gasteiger charge is -2.54. The SMILES string of the molecule is COc1cc(NC(=O)[C@@H](Cc2ccccc2)NC(=O)[C@]2(C)CCC[C@]3(C)c4ccc(C(C)C)cc4/C(=N\O)C[C@@H]23)cc(OC)c1OC. The Hall–Kier alpha value is -4.53. The molecule has 1 saturated carbocycles. The van der Waals surface area contributed by atoms with Crippen molar-refractivity contribution in [3.63, 3.8) is 0 Å². The van der Waals surface area contributed by atoms with Crippen LogP contribution in [0.2, 0.25) is 0 Å². The molecule has 0 unspecified atom stereocenters. The van der Waals surface area contributed by atoms with Gasteiger partial charge in [-0.25, -0.2) is 0 Å². The van der Waals surface area contributed by atoms with Crippen LogP contribution in [0.1, 0.15) is 81.5 Å². The molecule has 5 rings (SSSR count). The molecule has 2 amide bonds. The molecule has 0 bridgehead atoms. The molecule has 4 atom stereocenters. The number of fused-ring (bicyclic) bond motifs is 3. The highest BCUT2D eigenvalue weighted by Crippen LogP contribution is 2.57. The van der Waals surface area contributed by atoms with Gasteiger partial charge in [-0.1, -0.05) is 81.7 Å². The zero-order chi connectivity index (χ0) is 33.9. The summed E-state index contributed by atoms with van der Waals surface area (Å²) in [6.07, 6.45) is 3.19. The zero-order valence-electron chi connectivity index (χ0n) is 28.5. The lowest BCUT2D eigenvalue weighted by atomic mass is 9.49. The van der Waals surface area contributed by atoms with Crippen LogP contribution in [0.5, 0.6) is 17.2 Å². The first kappa shape index (κ1) is 33.8. The van der Waals surface area contributed by atoms with E-state index in [1.54, 1.807) is 12.1 Å². The summed E-state index contributed by atoms with van der Waals surface area (Å²) < 4.78 is 16.4. The molecule has 47 heavy (non-hydrogen) atoms. The monoisotopic (exact) mass is 641 g/mol. The summed E-state index contributed by atoms with van der Waals surface area (Å²) >= 11 is 0. The first-order valence-corrected chi connectivity index (χ1v) is 16.3. The normalized spacial score (nSPS) is 23.3. The second kappa shape index (κ2) is 13.7. The molecule has 2 aliphatic rings. The van der Waals surface area contributed by atoms with Gasteiger partial charge in [-0.2, -0.15) is 0 Å². The first-order chi connectivity index (χ1) is 22.5. The molecule has 3 aromatic rings. The lowest BCUT2D eigenvalue weighted by Crippen LogP contribution is -2.58. The van der Waals surface area contributed by atoms with E-state index in [1.165, 1.54) is 26.9 Å². The highest BCUT2D eigenvalue weighted by atomic mass is 16.5. The van der Waals surface area contributed by atoms with Crippen molar-refractivity contribution in [3.05, 3.63) is 82.9 Å². The maximum absolute atomic E-state index is 14.6. The number of nitrogens with one attached hydrogen (secondary N) is 2. The van der Waals surface area contributed by atoms with Gasteiger partial charge in [-0.05, 0) is 59.3 Å². The quantitative estimate of drug-likeness (QED) is 0.165. The van der Waals surface area contributed by atoms with E-state index in [0.29, 0.717) is 53.8 Å². The van der Waals surface area contributed by atoms with Crippen molar-refractivity contribution in [1.82, 2.24) is 5.32 Å². The predicted molar refractivity (Wildman–Crippen MR) is 183 cm³/mol. The van der Waals surface area contributed by atoms with Crippen molar-refractivity contribution in [2.75, 3.05) is 26.6 Å². The minimum Gasteiger partial charge on any atom is -0.493 e. The van der Waals surface area contributed by atoms with E-state index in [2.05, 4.69) is 54.8 Å². The second-order valence-corrected chi connectivity index (χ2v) is 13.6. The summed E-state index contributed by atoms with van der Waals surface area (Å²) in [6, 6.07) is 18.5. The van der Waals surface area contributed by atoms with E-state index in [0.717, 1.165) is 29.5 Å². The molecule has 0 aromatic heterocycles. The van der Waals surface area contributed by atoms with Gasteiger partial charge in [0.25, 0.3) is 0 Å². The average Bonchev–Trinajstić information content (AvgIpc) is 3.07. The molecule has 0 saturated heterocycles. The number of nitrogens with zero attached hydrogens (tertiary/aromatic N) is 1. The Kier molecular flexibility index (Phi) is 9.84. The molecule has 2 aliphatic carbocycles. The van der Waals surface area contributed by atoms with Crippen molar-refractivity contribution in [2.24, 2.45) is 16.5 Å². The molecule has 0 heterocycles. The summed E-state index contributed by atoms with van der Waals surface area (Å²) in [6.45, 7) is 8.54. The van der Waals surface area contributed by atoms with Gasteiger partial charge in [0.15, 0.2) is 11.5 Å². The topological polar surface area (TPSA) is 118 Å². The maximum atomic E-state index is 14.6. The van der Waals surface area contributed by atoms with E-state index < -0.39 is 11.5 Å². The van der Waals surface area contributed by atoms with Gasteiger partial charge in [0, 0.05) is 29.8 Å². The number of carbonyl (C=O) groups excluding carboxylic acids is 2. The fourth-order valence-electron chi connectivity index (χ4n) is 7.74. The van der Waals surface area contributed by atoms with E-state index >= 15 is 0 Å². The zero-order valence-corrected chi connectivity index (χ0v) is 28.5. The molecule has 0 spiro atoms. The lowest BCUT2D eigenvalue weighted by molar-refractivity contribution is -0.140. The van der Waals surface area contributed by atoms with Gasteiger partial charge in [-0.15, -0.1) is 0 Å². The van der Waals surface area contributed by atoms with Gasteiger partial charge in [0.05, 0.1) is 32.5 Å². The molecular weight excluding hydrogens is 594 g/mol. The van der Waals surface area contributed by atoms with E-state index in [4.69, 9.17) is 14.2 Å². The van der Waals surface area contributed by atoms with Gasteiger partial charge in [0.2, 0.25) is 17.6 Å². The number of amides is 2. The number of carbonyl (C=O) groups is 2. The highest BCUT2D eigenvalue weighted by molar-refractivity contribution is 6.04. The number of anilines is 1. The van der Waals surface area contributed by atoms with Gasteiger partial charge >= 0.3 is 0 Å². The summed E-state index contributed by atoms with van der Waals surface area (Å²) in [5.41, 5.74) is 4.10. The van der Waals surface area contributed by atoms with Gasteiger partial charge in [0.1, 0.15) is 6.04 Å². The Balaban J connectivity index is 1.47. The number of hydrogen-bond acceptors (Lipinski definition) is 7. The molecule has 1 fully saturated rings. The Bertz CT molecular complexity index is 1630. The minimum atomic E-state index is -0.871. The van der Waals surface area contributed by atoms with Crippen LogP contribution in [0.4, 0.5) is 5.69 Å². The van der Waals surface area contributed by atoms with Crippen LogP contribution < -0.4 is 24.8 Å². The predicted octanol–water partition coefficient (Wildman–Crippen LogP) is 6.85. The number of methoxy groups -OCH3 is 3. The standard InChI is InChI=1S/C38H47N3O6/c1-23(2)25-14-15-28-27(19-25)29(41-44)22-33-37(28,3)16-11-17-38(33,4)36(43)40-30(18-24-12-9-8-10-13-24)35(42)39-26-20-31(45-5)34(47-7)32(21-26)46-6/h8-10,12-15,19-21,23,30,33,44H,11,16-18,22H2,1-7H3,(H,39,42)(H,40,43)/b41-29-/t30-,33-,37-,38-/m1/s1. The molecule has 0 radical (unpaired) electrons. The van der Waals surface area contributed by atoms with Gasteiger partial charge < -0.3 is 30.1 Å². The molecule has 9 heteroatoms. The minimum absolute atomic E-state index is 0.136.